The summed E-state index contributed by atoms with van der Waals surface area (Å²) in [6, 6.07) is 12.3. The van der Waals surface area contributed by atoms with Crippen LogP contribution < -0.4 is 0 Å². The van der Waals surface area contributed by atoms with Crippen molar-refractivity contribution in [1.29, 1.82) is 0 Å². The third-order valence-electron chi connectivity index (χ3n) is 5.33. The third kappa shape index (κ3) is 9.70. The SMILES string of the molecule is CC.CCCCC[C@@H](O)c1ccc(C2=CCCC2)cc1.CCCc1ccc(C(=O)OC)s1. The standard InChI is InChI=1S/C17H24O.C9H12O2S.C2H6/c1-2-3-4-9-17(18)16-12-10-15(11-13-16)14-7-5-6-8-14;1-3-4-7-5-6-8(12-7)9(10)11-2;1-2/h7,10-13,17-18H,2-6,8-9H2,1H3;5-6H,3-4H2,1-2H3;1-2H3/t17-;;/m1../s1. The number of benzene rings is 1. The molecule has 1 aromatic heterocycles. The Bertz CT molecular complexity index is 789. The van der Waals surface area contributed by atoms with Crippen LogP contribution in [0.15, 0.2) is 42.5 Å². The van der Waals surface area contributed by atoms with E-state index < -0.39 is 0 Å². The van der Waals surface area contributed by atoms with Crippen LogP contribution in [0, 0.1) is 0 Å². The van der Waals surface area contributed by atoms with Gasteiger partial charge in [0, 0.05) is 4.88 Å². The van der Waals surface area contributed by atoms with Gasteiger partial charge in [0.2, 0.25) is 0 Å². The molecule has 0 amide bonds. The quantitative estimate of drug-likeness (QED) is 0.303. The molecule has 3 rings (SSSR count). The van der Waals surface area contributed by atoms with E-state index in [4.69, 9.17) is 0 Å². The largest absolute Gasteiger partial charge is 0.465 e. The molecule has 0 spiro atoms. The highest BCUT2D eigenvalue weighted by Crippen LogP contribution is 2.29. The number of methoxy groups -OCH3 is 1. The minimum atomic E-state index is -0.289. The predicted octanol–water partition coefficient (Wildman–Crippen LogP) is 8.38. The Hall–Kier alpha value is -1.91. The first-order chi connectivity index (χ1) is 15.6. The molecule has 0 unspecified atom stereocenters. The summed E-state index contributed by atoms with van der Waals surface area (Å²) in [6.45, 7) is 8.31. The van der Waals surface area contributed by atoms with Crippen molar-refractivity contribution in [3.8, 4) is 0 Å². The summed E-state index contributed by atoms with van der Waals surface area (Å²) in [5.41, 5.74) is 3.87. The Morgan fingerprint density at radius 1 is 1.06 bits per heavy atom. The summed E-state index contributed by atoms with van der Waals surface area (Å²) in [5, 5.41) is 10.1. The highest BCUT2D eigenvalue weighted by atomic mass is 32.1. The smallest absolute Gasteiger partial charge is 0.348 e. The lowest BCUT2D eigenvalue weighted by Crippen LogP contribution is -1.97. The average Bonchev–Trinajstić information content (AvgIpc) is 3.54. The molecule has 32 heavy (non-hydrogen) atoms. The van der Waals surface area contributed by atoms with E-state index in [0.29, 0.717) is 4.88 Å². The van der Waals surface area contributed by atoms with Gasteiger partial charge in [0.05, 0.1) is 13.2 Å². The molecule has 1 N–H and O–H groups in total. The fraction of sp³-hybridized carbons (Fsp3) is 0.536. The Morgan fingerprint density at radius 2 is 1.78 bits per heavy atom. The van der Waals surface area contributed by atoms with Crippen LogP contribution in [0.2, 0.25) is 0 Å². The molecule has 0 saturated heterocycles. The number of hydrogen-bond donors (Lipinski definition) is 1. The molecule has 4 heteroatoms. The van der Waals surface area contributed by atoms with Crippen LogP contribution in [0.4, 0.5) is 0 Å². The number of aliphatic hydroxyl groups excluding tert-OH is 1. The molecule has 3 nitrogen and oxygen atoms in total. The summed E-state index contributed by atoms with van der Waals surface area (Å²) in [5.74, 6) is -0.234. The Balaban J connectivity index is 0.000000318. The van der Waals surface area contributed by atoms with E-state index in [0.717, 1.165) is 31.2 Å². The van der Waals surface area contributed by atoms with Crippen molar-refractivity contribution in [2.24, 2.45) is 0 Å². The van der Waals surface area contributed by atoms with Crippen LogP contribution >= 0.6 is 11.3 Å². The van der Waals surface area contributed by atoms with Gasteiger partial charge in [-0.05, 0) is 60.9 Å². The number of ether oxygens (including phenoxy) is 1. The van der Waals surface area contributed by atoms with Crippen LogP contribution in [0.1, 0.15) is 111 Å². The zero-order chi connectivity index (χ0) is 23.8. The van der Waals surface area contributed by atoms with E-state index >= 15 is 0 Å². The van der Waals surface area contributed by atoms with E-state index in [-0.39, 0.29) is 12.1 Å². The first kappa shape index (κ1) is 28.1. The number of allylic oxidation sites excluding steroid dienone is 2. The first-order valence-corrected chi connectivity index (χ1v) is 13.0. The number of rotatable bonds is 9. The van der Waals surface area contributed by atoms with Crippen molar-refractivity contribution >= 4 is 22.9 Å². The number of thiophene rings is 1. The van der Waals surface area contributed by atoms with E-state index in [1.54, 1.807) is 0 Å². The van der Waals surface area contributed by atoms with Crippen LogP contribution in [0.5, 0.6) is 0 Å². The van der Waals surface area contributed by atoms with E-state index in [1.165, 1.54) is 66.6 Å². The van der Waals surface area contributed by atoms with Crippen LogP contribution in [-0.2, 0) is 11.2 Å². The molecule has 0 aliphatic heterocycles. The Morgan fingerprint density at radius 3 is 2.34 bits per heavy atom. The lowest BCUT2D eigenvalue weighted by Gasteiger charge is -2.11. The fourth-order valence-corrected chi connectivity index (χ4v) is 4.60. The molecule has 1 aromatic carbocycles. The second kappa shape index (κ2) is 16.7. The number of esters is 1. The van der Waals surface area contributed by atoms with Crippen molar-refractivity contribution in [2.45, 2.75) is 91.6 Å². The minimum Gasteiger partial charge on any atom is -0.465 e. The molecule has 0 bridgehead atoms. The topological polar surface area (TPSA) is 46.5 Å². The maximum atomic E-state index is 11.0. The van der Waals surface area contributed by atoms with E-state index in [9.17, 15) is 9.90 Å². The maximum Gasteiger partial charge on any atom is 0.348 e. The van der Waals surface area contributed by atoms with Gasteiger partial charge in [-0.2, -0.15) is 0 Å². The molecule has 0 radical (unpaired) electrons. The molecule has 1 heterocycles. The summed E-state index contributed by atoms with van der Waals surface area (Å²) in [6.07, 6.45) is 12.3. The molecule has 2 aromatic rings. The van der Waals surface area contributed by atoms with Crippen molar-refractivity contribution in [2.75, 3.05) is 7.11 Å². The number of hydrogen-bond acceptors (Lipinski definition) is 4. The van der Waals surface area contributed by atoms with Gasteiger partial charge in [0.25, 0.3) is 0 Å². The Kier molecular flexibility index (Phi) is 14.7. The zero-order valence-electron chi connectivity index (χ0n) is 20.7. The van der Waals surface area contributed by atoms with Gasteiger partial charge < -0.3 is 9.84 Å². The van der Waals surface area contributed by atoms with Gasteiger partial charge in [-0.3, -0.25) is 0 Å². The summed E-state index contributed by atoms with van der Waals surface area (Å²) in [7, 11) is 1.40. The van der Waals surface area contributed by atoms with Crippen molar-refractivity contribution in [3.63, 3.8) is 0 Å². The first-order valence-electron chi connectivity index (χ1n) is 12.2. The second-order valence-corrected chi connectivity index (χ2v) is 8.93. The van der Waals surface area contributed by atoms with Crippen LogP contribution in [0.25, 0.3) is 5.57 Å². The van der Waals surface area contributed by atoms with Gasteiger partial charge in [-0.25, -0.2) is 4.79 Å². The van der Waals surface area contributed by atoms with E-state index in [2.05, 4.69) is 48.9 Å². The zero-order valence-corrected chi connectivity index (χ0v) is 21.5. The fourth-order valence-electron chi connectivity index (χ4n) is 3.58. The number of carbonyl (C=O) groups is 1. The molecule has 0 fully saturated rings. The second-order valence-electron chi connectivity index (χ2n) is 7.76. The monoisotopic (exact) mass is 458 g/mol. The molecule has 178 valence electrons. The maximum absolute atomic E-state index is 11.0. The van der Waals surface area contributed by atoms with Gasteiger partial charge in [0.1, 0.15) is 4.88 Å². The summed E-state index contributed by atoms with van der Waals surface area (Å²) in [4.78, 5) is 13.0. The average molecular weight is 459 g/mol. The molecule has 1 aliphatic carbocycles. The van der Waals surface area contributed by atoms with Crippen molar-refractivity contribution in [1.82, 2.24) is 0 Å². The minimum absolute atomic E-state index is 0.234. The number of carbonyl (C=O) groups excluding carboxylic acids is 1. The number of aliphatic hydroxyl groups is 1. The van der Waals surface area contributed by atoms with E-state index in [1.807, 2.05) is 26.0 Å². The summed E-state index contributed by atoms with van der Waals surface area (Å²) >= 11 is 1.52. The molecule has 0 saturated carbocycles. The van der Waals surface area contributed by atoms with Gasteiger partial charge in [0.15, 0.2) is 0 Å². The lowest BCUT2D eigenvalue weighted by molar-refractivity contribution is 0.0606. The third-order valence-corrected chi connectivity index (χ3v) is 6.46. The van der Waals surface area contributed by atoms with Gasteiger partial charge >= 0.3 is 5.97 Å². The predicted molar refractivity (Wildman–Crippen MR) is 138 cm³/mol. The highest BCUT2D eigenvalue weighted by molar-refractivity contribution is 7.13. The normalized spacial score (nSPS) is 13.2. The molecular weight excluding hydrogens is 416 g/mol. The van der Waals surface area contributed by atoms with Gasteiger partial charge in [-0.15, -0.1) is 11.3 Å². The number of aryl methyl sites for hydroxylation is 1. The van der Waals surface area contributed by atoms with Crippen molar-refractivity contribution in [3.05, 3.63) is 63.4 Å². The molecule has 1 aliphatic rings. The van der Waals surface area contributed by atoms with Crippen LogP contribution in [0.3, 0.4) is 0 Å². The Labute approximate surface area is 199 Å². The lowest BCUT2D eigenvalue weighted by atomic mass is 9.99. The number of unbranched alkanes of at least 4 members (excludes halogenated alkanes) is 2. The van der Waals surface area contributed by atoms with Crippen molar-refractivity contribution < 1.29 is 14.6 Å². The highest BCUT2D eigenvalue weighted by Gasteiger charge is 2.10. The molecule has 1 atom stereocenters. The summed E-state index contributed by atoms with van der Waals surface area (Å²) < 4.78 is 4.60. The molecular formula is C28H42O3S. The van der Waals surface area contributed by atoms with Crippen LogP contribution in [-0.4, -0.2) is 18.2 Å². The van der Waals surface area contributed by atoms with Gasteiger partial charge in [-0.1, -0.05) is 83.7 Å².